The number of pyridine rings is 1. The number of nitrogens with zero attached hydrogens (tertiary/aromatic N) is 2. The van der Waals surface area contributed by atoms with E-state index in [0.29, 0.717) is 5.69 Å². The van der Waals surface area contributed by atoms with Crippen LogP contribution in [0.3, 0.4) is 0 Å². The highest BCUT2D eigenvalue weighted by Gasteiger charge is 2.33. The number of benzene rings is 1. The molecule has 0 saturated carbocycles. The predicted octanol–water partition coefficient (Wildman–Crippen LogP) is 1.91. The minimum atomic E-state index is -4.87. The molecule has 3 rings (SSSR count). The molecule has 0 aliphatic carbocycles. The number of urea groups is 1. The van der Waals surface area contributed by atoms with E-state index >= 15 is 0 Å². The first kappa shape index (κ1) is 22.8. The topological polar surface area (TPSA) is 122 Å². The van der Waals surface area contributed by atoms with E-state index in [2.05, 4.69) is 25.7 Å². The van der Waals surface area contributed by atoms with Gasteiger partial charge in [0.25, 0.3) is 0 Å². The van der Waals surface area contributed by atoms with Gasteiger partial charge >= 0.3 is 12.4 Å². The first-order valence-corrected chi connectivity index (χ1v) is 9.13. The van der Waals surface area contributed by atoms with Gasteiger partial charge < -0.3 is 25.4 Å². The van der Waals surface area contributed by atoms with Crippen molar-refractivity contribution in [3.63, 3.8) is 0 Å². The van der Waals surface area contributed by atoms with Crippen molar-refractivity contribution >= 4 is 29.4 Å². The van der Waals surface area contributed by atoms with Crippen LogP contribution >= 0.6 is 0 Å². The lowest BCUT2D eigenvalue weighted by Gasteiger charge is -2.29. The molecule has 1 aliphatic rings. The van der Waals surface area contributed by atoms with Crippen LogP contribution in [0.15, 0.2) is 42.6 Å². The fourth-order valence-corrected chi connectivity index (χ4v) is 2.89. The Labute approximate surface area is 179 Å². The molecule has 10 nitrogen and oxygen atoms in total. The van der Waals surface area contributed by atoms with Crippen LogP contribution in [0.2, 0.25) is 0 Å². The van der Waals surface area contributed by atoms with Crippen LogP contribution in [0.25, 0.3) is 0 Å². The Morgan fingerprint density at radius 3 is 2.62 bits per heavy atom. The summed E-state index contributed by atoms with van der Waals surface area (Å²) in [6.07, 6.45) is -3.45. The summed E-state index contributed by atoms with van der Waals surface area (Å²) in [5, 5.41) is 7.48. The monoisotopic (exact) mass is 453 g/mol. The summed E-state index contributed by atoms with van der Waals surface area (Å²) >= 11 is 0. The normalized spacial score (nSPS) is 14.1. The second-order valence-electron chi connectivity index (χ2n) is 6.48. The van der Waals surface area contributed by atoms with Crippen molar-refractivity contribution in [2.75, 3.05) is 30.6 Å². The molecule has 0 bridgehead atoms. The summed E-state index contributed by atoms with van der Waals surface area (Å²) in [6.45, 7) is -0.516. The molecule has 1 aliphatic heterocycles. The Bertz CT molecular complexity index is 1000. The van der Waals surface area contributed by atoms with Crippen molar-refractivity contribution in [1.29, 1.82) is 0 Å². The van der Waals surface area contributed by atoms with Gasteiger partial charge in [-0.25, -0.2) is 9.78 Å². The van der Waals surface area contributed by atoms with E-state index in [9.17, 15) is 27.6 Å². The maximum atomic E-state index is 12.9. The van der Waals surface area contributed by atoms with Gasteiger partial charge in [0, 0.05) is 13.3 Å². The van der Waals surface area contributed by atoms with E-state index in [1.54, 1.807) is 12.1 Å². The third-order valence-corrected chi connectivity index (χ3v) is 4.23. The molecule has 4 amide bonds. The van der Waals surface area contributed by atoms with Gasteiger partial charge in [0.05, 0.1) is 5.69 Å². The molecule has 0 fully saturated rings. The standard InChI is InChI=1S/C19H18F3N5O5/c1-31-10-24-17(29)15(11-4-6-12(7-5-11)32-19(20,21)22)26-18(30)27-9-14(28)25-13-3-2-8-23-16(13)27/h2-8,15H,9-10H2,1H3,(H,24,29)(H,25,28)(H,26,30). The summed E-state index contributed by atoms with van der Waals surface area (Å²) < 4.78 is 45.8. The van der Waals surface area contributed by atoms with Gasteiger partial charge in [-0.2, -0.15) is 0 Å². The number of carbonyl (C=O) groups is 3. The van der Waals surface area contributed by atoms with Crippen LogP contribution in [0.1, 0.15) is 11.6 Å². The highest BCUT2D eigenvalue weighted by atomic mass is 19.4. The van der Waals surface area contributed by atoms with Crippen molar-refractivity contribution in [3.05, 3.63) is 48.2 Å². The summed E-state index contributed by atoms with van der Waals surface area (Å²) in [4.78, 5) is 42.6. The number of amides is 4. The molecule has 1 unspecified atom stereocenters. The first-order valence-electron chi connectivity index (χ1n) is 9.13. The van der Waals surface area contributed by atoms with Gasteiger partial charge in [-0.05, 0) is 29.8 Å². The number of hydrogen-bond donors (Lipinski definition) is 3. The molecule has 0 saturated heterocycles. The van der Waals surface area contributed by atoms with Crippen LogP contribution in [-0.2, 0) is 14.3 Å². The number of carbonyl (C=O) groups excluding carboxylic acids is 3. The largest absolute Gasteiger partial charge is 0.573 e. The minimum Gasteiger partial charge on any atom is -0.406 e. The van der Waals surface area contributed by atoms with Gasteiger partial charge in [0.15, 0.2) is 5.82 Å². The predicted molar refractivity (Wildman–Crippen MR) is 105 cm³/mol. The van der Waals surface area contributed by atoms with Crippen LogP contribution in [-0.4, -0.2) is 49.6 Å². The lowest BCUT2D eigenvalue weighted by molar-refractivity contribution is -0.274. The third kappa shape index (κ3) is 5.63. The van der Waals surface area contributed by atoms with E-state index in [0.717, 1.165) is 17.0 Å². The molecular weight excluding hydrogens is 435 g/mol. The second kappa shape index (κ2) is 9.51. The molecule has 1 aromatic carbocycles. The number of ether oxygens (including phenoxy) is 2. The molecule has 0 radical (unpaired) electrons. The minimum absolute atomic E-state index is 0.170. The lowest BCUT2D eigenvalue weighted by atomic mass is 10.1. The SMILES string of the molecule is COCNC(=O)C(NC(=O)N1CC(=O)Nc2cccnc21)c1ccc(OC(F)(F)F)cc1. The van der Waals surface area contributed by atoms with E-state index in [4.69, 9.17) is 4.74 Å². The van der Waals surface area contributed by atoms with Crippen molar-refractivity contribution in [2.45, 2.75) is 12.4 Å². The molecular formula is C19H18F3N5O5. The fraction of sp³-hybridized carbons (Fsp3) is 0.263. The van der Waals surface area contributed by atoms with Crippen molar-refractivity contribution in [2.24, 2.45) is 0 Å². The summed E-state index contributed by atoms with van der Waals surface area (Å²) in [5.74, 6) is -1.47. The van der Waals surface area contributed by atoms with Gasteiger partial charge in [-0.3, -0.25) is 14.5 Å². The number of halogens is 3. The molecule has 2 aromatic rings. The quantitative estimate of drug-likeness (QED) is 0.575. The molecule has 2 heterocycles. The Morgan fingerprint density at radius 1 is 1.25 bits per heavy atom. The number of fused-ring (bicyclic) bond motifs is 1. The van der Waals surface area contributed by atoms with Crippen LogP contribution in [0.4, 0.5) is 29.5 Å². The van der Waals surface area contributed by atoms with E-state index in [1.165, 1.54) is 25.4 Å². The van der Waals surface area contributed by atoms with E-state index in [1.807, 2.05) is 0 Å². The Balaban J connectivity index is 1.84. The summed E-state index contributed by atoms with van der Waals surface area (Å²) in [7, 11) is 1.34. The Kier molecular flexibility index (Phi) is 6.78. The van der Waals surface area contributed by atoms with Crippen molar-refractivity contribution < 1.29 is 37.0 Å². The van der Waals surface area contributed by atoms with Crippen molar-refractivity contribution in [1.82, 2.24) is 15.6 Å². The highest BCUT2D eigenvalue weighted by molar-refractivity contribution is 6.09. The third-order valence-electron chi connectivity index (χ3n) is 4.23. The lowest BCUT2D eigenvalue weighted by Crippen LogP contribution is -2.51. The van der Waals surface area contributed by atoms with E-state index < -0.39 is 36.0 Å². The maximum Gasteiger partial charge on any atom is 0.573 e. The number of rotatable bonds is 6. The zero-order valence-corrected chi connectivity index (χ0v) is 16.6. The smallest absolute Gasteiger partial charge is 0.406 e. The Hall–Kier alpha value is -3.87. The number of anilines is 2. The van der Waals surface area contributed by atoms with E-state index in [-0.39, 0.29) is 24.7 Å². The average Bonchev–Trinajstić information content (AvgIpc) is 2.74. The molecule has 1 atom stereocenters. The molecule has 13 heteroatoms. The maximum absolute atomic E-state index is 12.9. The number of nitrogens with one attached hydrogen (secondary N) is 3. The molecule has 1 aromatic heterocycles. The number of aromatic nitrogens is 1. The fourth-order valence-electron chi connectivity index (χ4n) is 2.89. The van der Waals surface area contributed by atoms with Gasteiger partial charge in [0.2, 0.25) is 11.8 Å². The summed E-state index contributed by atoms with van der Waals surface area (Å²) in [6, 6.07) is 5.44. The average molecular weight is 453 g/mol. The first-order chi connectivity index (χ1) is 15.2. The molecule has 3 N–H and O–H groups in total. The number of hydrogen-bond acceptors (Lipinski definition) is 6. The Morgan fingerprint density at radius 2 is 1.97 bits per heavy atom. The highest BCUT2D eigenvalue weighted by Crippen LogP contribution is 2.28. The molecule has 32 heavy (non-hydrogen) atoms. The zero-order valence-electron chi connectivity index (χ0n) is 16.6. The summed E-state index contributed by atoms with van der Waals surface area (Å²) in [5.41, 5.74) is 0.483. The number of alkyl halides is 3. The van der Waals surface area contributed by atoms with Crippen LogP contribution in [0, 0.1) is 0 Å². The van der Waals surface area contributed by atoms with Gasteiger partial charge in [-0.1, -0.05) is 12.1 Å². The molecule has 170 valence electrons. The van der Waals surface area contributed by atoms with Crippen LogP contribution in [0.5, 0.6) is 5.75 Å². The van der Waals surface area contributed by atoms with Gasteiger partial charge in [0.1, 0.15) is 25.1 Å². The second-order valence-corrected chi connectivity index (χ2v) is 6.48. The zero-order chi connectivity index (χ0) is 23.3. The van der Waals surface area contributed by atoms with Gasteiger partial charge in [-0.15, -0.1) is 13.2 Å². The van der Waals surface area contributed by atoms with Crippen LogP contribution < -0.4 is 25.6 Å². The van der Waals surface area contributed by atoms with Crippen molar-refractivity contribution in [3.8, 4) is 5.75 Å². The molecule has 0 spiro atoms. The number of methoxy groups -OCH3 is 1.